The summed E-state index contributed by atoms with van der Waals surface area (Å²) in [6, 6.07) is 0. The zero-order chi connectivity index (χ0) is 11.9. The van der Waals surface area contributed by atoms with E-state index in [0.29, 0.717) is 6.41 Å². The molecule has 4 heteroatoms. The Morgan fingerprint density at radius 1 is 1.40 bits per heavy atom. The molecule has 0 saturated carbocycles. The molecule has 0 aromatic rings. The first-order valence-corrected chi connectivity index (χ1v) is 5.55. The van der Waals surface area contributed by atoms with Crippen LogP contribution in [0.1, 0.15) is 27.2 Å². The van der Waals surface area contributed by atoms with Gasteiger partial charge >= 0.3 is 0 Å². The van der Waals surface area contributed by atoms with Crippen LogP contribution in [0, 0.1) is 5.92 Å². The zero-order valence-corrected chi connectivity index (χ0v) is 10.5. The van der Waals surface area contributed by atoms with E-state index in [9.17, 15) is 4.79 Å². The quantitative estimate of drug-likeness (QED) is 0.472. The number of carbonyl (C=O) groups is 1. The highest BCUT2D eigenvalue weighted by Gasteiger charge is 1.91. The third-order valence-corrected chi connectivity index (χ3v) is 1.54. The molecule has 0 aromatic carbocycles. The van der Waals surface area contributed by atoms with E-state index in [1.807, 2.05) is 6.92 Å². The minimum Gasteiger partial charge on any atom is -0.385 e. The van der Waals surface area contributed by atoms with Gasteiger partial charge in [-0.25, -0.2) is 0 Å². The topological polar surface area (TPSA) is 50.4 Å². The Kier molecular flexibility index (Phi) is 17.8. The van der Waals surface area contributed by atoms with Gasteiger partial charge in [-0.3, -0.25) is 4.79 Å². The molecule has 4 nitrogen and oxygen atoms in total. The average Bonchev–Trinajstić information content (AvgIpc) is 2.19. The van der Waals surface area contributed by atoms with Crippen molar-refractivity contribution >= 4 is 6.41 Å². The van der Waals surface area contributed by atoms with Gasteiger partial charge < -0.3 is 15.4 Å². The van der Waals surface area contributed by atoms with Crippen LogP contribution in [0.25, 0.3) is 0 Å². The fourth-order valence-corrected chi connectivity index (χ4v) is 0.816. The highest BCUT2D eigenvalue weighted by Crippen LogP contribution is 1.86. The van der Waals surface area contributed by atoms with Crippen LogP contribution in [-0.2, 0) is 9.53 Å². The number of ether oxygens (including phenoxy) is 1. The molecule has 0 fully saturated rings. The molecule has 0 aromatic heterocycles. The van der Waals surface area contributed by atoms with Crippen LogP contribution in [0.5, 0.6) is 0 Å². The molecule has 15 heavy (non-hydrogen) atoms. The molecule has 0 unspecified atom stereocenters. The summed E-state index contributed by atoms with van der Waals surface area (Å²) in [5.74, 6) is 0.752. The molecular formula is C11H26N2O2. The summed E-state index contributed by atoms with van der Waals surface area (Å²) < 4.78 is 4.91. The van der Waals surface area contributed by atoms with Crippen LogP contribution in [0.4, 0.5) is 0 Å². The molecule has 0 aliphatic heterocycles. The minimum absolute atomic E-state index is 0.681. The number of nitrogens with one attached hydrogen (secondary N) is 2. The summed E-state index contributed by atoms with van der Waals surface area (Å²) >= 11 is 0. The van der Waals surface area contributed by atoms with Crippen LogP contribution < -0.4 is 10.6 Å². The molecule has 0 aliphatic rings. The van der Waals surface area contributed by atoms with Crippen LogP contribution in [0.3, 0.4) is 0 Å². The number of rotatable bonds is 8. The van der Waals surface area contributed by atoms with Gasteiger partial charge in [0.05, 0.1) is 0 Å². The van der Waals surface area contributed by atoms with Crippen molar-refractivity contribution < 1.29 is 9.53 Å². The lowest BCUT2D eigenvalue weighted by Gasteiger charge is -2.05. The number of amides is 1. The minimum atomic E-state index is 0.681. The van der Waals surface area contributed by atoms with Crippen molar-refractivity contribution in [2.45, 2.75) is 27.2 Å². The van der Waals surface area contributed by atoms with Gasteiger partial charge in [0.2, 0.25) is 6.41 Å². The average molecular weight is 218 g/mol. The molecule has 0 radical (unpaired) electrons. The fraction of sp³-hybridized carbons (Fsp3) is 0.909. The van der Waals surface area contributed by atoms with Gasteiger partial charge in [-0.2, -0.15) is 0 Å². The molecule has 0 aliphatic carbocycles. The third-order valence-electron chi connectivity index (χ3n) is 1.54. The summed E-state index contributed by atoms with van der Waals surface area (Å²) in [7, 11) is 1.74. The Morgan fingerprint density at radius 3 is 2.40 bits per heavy atom. The van der Waals surface area contributed by atoms with E-state index in [1.54, 1.807) is 7.11 Å². The van der Waals surface area contributed by atoms with Gasteiger partial charge in [-0.1, -0.05) is 13.8 Å². The highest BCUT2D eigenvalue weighted by molar-refractivity contribution is 5.45. The second kappa shape index (κ2) is 15.8. The van der Waals surface area contributed by atoms with Gasteiger partial charge in [-0.15, -0.1) is 0 Å². The Morgan fingerprint density at radius 2 is 2.07 bits per heavy atom. The number of hydrogen-bond donors (Lipinski definition) is 2. The summed E-state index contributed by atoms with van der Waals surface area (Å²) in [6.07, 6.45) is 1.79. The smallest absolute Gasteiger partial charge is 0.207 e. The van der Waals surface area contributed by atoms with Gasteiger partial charge in [0.15, 0.2) is 0 Å². The predicted octanol–water partition coefficient (Wildman–Crippen LogP) is 1.02. The molecule has 0 rings (SSSR count). The number of methoxy groups -OCH3 is 1. The van der Waals surface area contributed by atoms with E-state index in [4.69, 9.17) is 4.74 Å². The normalized spacial score (nSPS) is 9.40. The third kappa shape index (κ3) is 24.7. The van der Waals surface area contributed by atoms with E-state index in [2.05, 4.69) is 24.5 Å². The van der Waals surface area contributed by atoms with E-state index in [1.165, 1.54) is 0 Å². The summed E-state index contributed by atoms with van der Waals surface area (Å²) in [4.78, 5) is 9.29. The Hall–Kier alpha value is -0.610. The summed E-state index contributed by atoms with van der Waals surface area (Å²) in [6.45, 7) is 10.1. The van der Waals surface area contributed by atoms with Gasteiger partial charge in [0.25, 0.3) is 0 Å². The molecule has 0 saturated heterocycles. The van der Waals surface area contributed by atoms with Gasteiger partial charge in [-0.05, 0) is 32.4 Å². The van der Waals surface area contributed by atoms with Crippen molar-refractivity contribution in [3.05, 3.63) is 0 Å². The van der Waals surface area contributed by atoms with Gasteiger partial charge in [0, 0.05) is 20.3 Å². The Labute approximate surface area is 93.8 Å². The standard InChI is InChI=1S/C8H19NO.C3H7NO/c1-8(2)7-9-5-4-6-10-3;1-2-4-3-5/h8-9H,4-7H2,1-3H3;3H,2H2,1H3,(H,4,5). The second-order valence-electron chi connectivity index (χ2n) is 3.62. The van der Waals surface area contributed by atoms with Crippen LogP contribution in [0.15, 0.2) is 0 Å². The Bertz CT molecular complexity index is 119. The number of carbonyl (C=O) groups excluding carboxylic acids is 1. The molecule has 2 N–H and O–H groups in total. The monoisotopic (exact) mass is 218 g/mol. The van der Waals surface area contributed by atoms with E-state index in [-0.39, 0.29) is 0 Å². The lowest BCUT2D eigenvalue weighted by atomic mass is 10.2. The lowest BCUT2D eigenvalue weighted by molar-refractivity contribution is -0.109. The van der Waals surface area contributed by atoms with Crippen molar-refractivity contribution in [2.24, 2.45) is 5.92 Å². The first-order chi connectivity index (χ1) is 7.18. The predicted molar refractivity (Wildman–Crippen MR) is 63.9 cm³/mol. The molecule has 92 valence electrons. The van der Waals surface area contributed by atoms with Crippen LogP contribution in [0.2, 0.25) is 0 Å². The fourth-order valence-electron chi connectivity index (χ4n) is 0.816. The largest absolute Gasteiger partial charge is 0.385 e. The Balaban J connectivity index is 0. The highest BCUT2D eigenvalue weighted by atomic mass is 16.5. The molecule has 0 bridgehead atoms. The molecular weight excluding hydrogens is 192 g/mol. The lowest BCUT2D eigenvalue weighted by Crippen LogP contribution is -2.21. The van der Waals surface area contributed by atoms with E-state index >= 15 is 0 Å². The maximum atomic E-state index is 9.29. The van der Waals surface area contributed by atoms with Crippen molar-refractivity contribution in [3.8, 4) is 0 Å². The van der Waals surface area contributed by atoms with Crippen LogP contribution >= 0.6 is 0 Å². The first-order valence-electron chi connectivity index (χ1n) is 5.55. The zero-order valence-electron chi connectivity index (χ0n) is 10.5. The molecule has 0 heterocycles. The molecule has 0 spiro atoms. The first kappa shape index (κ1) is 16.8. The van der Waals surface area contributed by atoms with Crippen molar-refractivity contribution in [3.63, 3.8) is 0 Å². The van der Waals surface area contributed by atoms with Gasteiger partial charge in [0.1, 0.15) is 0 Å². The van der Waals surface area contributed by atoms with E-state index in [0.717, 1.165) is 38.6 Å². The van der Waals surface area contributed by atoms with Crippen LogP contribution in [-0.4, -0.2) is 39.8 Å². The van der Waals surface area contributed by atoms with Crippen molar-refractivity contribution in [2.75, 3.05) is 33.4 Å². The maximum Gasteiger partial charge on any atom is 0.207 e. The SMILES string of the molecule is CCNC=O.COCCCNCC(C)C. The second-order valence-corrected chi connectivity index (χ2v) is 3.62. The molecule has 1 amide bonds. The summed E-state index contributed by atoms with van der Waals surface area (Å²) in [5, 5.41) is 5.77. The maximum absolute atomic E-state index is 9.29. The molecule has 0 atom stereocenters. The number of hydrogen-bond acceptors (Lipinski definition) is 3. The van der Waals surface area contributed by atoms with Crippen molar-refractivity contribution in [1.82, 2.24) is 10.6 Å². The summed E-state index contributed by atoms with van der Waals surface area (Å²) in [5.41, 5.74) is 0. The van der Waals surface area contributed by atoms with E-state index < -0.39 is 0 Å². The van der Waals surface area contributed by atoms with Crippen molar-refractivity contribution in [1.29, 1.82) is 0 Å².